The first-order valence-electron chi connectivity index (χ1n) is 15.3. The predicted octanol–water partition coefficient (Wildman–Crippen LogP) is 9.61. The van der Waals surface area contributed by atoms with Crippen LogP contribution in [0.15, 0.2) is 151 Å². The molecule has 4 nitrogen and oxygen atoms in total. The van der Waals surface area contributed by atoms with E-state index in [1.165, 1.54) is 47.5 Å². The third-order valence-corrected chi connectivity index (χ3v) is 9.67. The van der Waals surface area contributed by atoms with Crippen LogP contribution in [0.2, 0.25) is 0 Å². The van der Waals surface area contributed by atoms with Gasteiger partial charge < -0.3 is 9.88 Å². The lowest BCUT2D eigenvalue weighted by molar-refractivity contribution is 0.559. The summed E-state index contributed by atoms with van der Waals surface area (Å²) in [4.78, 5) is 5.09. The fourth-order valence-corrected chi connectivity index (χ4v) is 7.44. The molecule has 0 fully saturated rings. The normalized spacial score (nSPS) is 12.8. The molecule has 0 bridgehead atoms. The Balaban J connectivity index is 1.23. The van der Waals surface area contributed by atoms with Crippen LogP contribution in [0.25, 0.3) is 47.7 Å². The first kappa shape index (κ1) is 27.3. The summed E-state index contributed by atoms with van der Waals surface area (Å²) in [6.45, 7) is 0.591. The molecule has 218 valence electrons. The minimum absolute atomic E-state index is 0.0828. The summed E-state index contributed by atoms with van der Waals surface area (Å²) >= 11 is 1.87. The molecule has 0 aliphatic heterocycles. The lowest BCUT2D eigenvalue weighted by Gasteiger charge is -2.21. The van der Waals surface area contributed by atoms with Crippen LogP contribution in [0.1, 0.15) is 22.9 Å². The molecular weight excluding hydrogens is 569 g/mol. The molecule has 45 heavy (non-hydrogen) atoms. The number of aromatic nitrogens is 1. The molecule has 0 aliphatic carbocycles. The number of nitrogens with one attached hydrogen (secondary N) is 2. The monoisotopic (exact) mass is 600 g/mol. The SMILES string of the molecule is CNC(N/C(=N\Cc1ccccc1)c1ccc(-n2c3ccccc3c3cc4sc5ccccc5c4cc32)cc1)c1ccccc1. The predicted molar refractivity (Wildman–Crippen MR) is 192 cm³/mol. The van der Waals surface area contributed by atoms with Crippen LogP contribution in [0.5, 0.6) is 0 Å². The van der Waals surface area contributed by atoms with Crippen LogP contribution in [0.3, 0.4) is 0 Å². The van der Waals surface area contributed by atoms with Gasteiger partial charge in [-0.25, -0.2) is 0 Å². The van der Waals surface area contributed by atoms with E-state index in [2.05, 4.69) is 149 Å². The van der Waals surface area contributed by atoms with E-state index < -0.39 is 0 Å². The average molecular weight is 601 g/mol. The Labute approximate surface area is 266 Å². The van der Waals surface area contributed by atoms with Crippen LogP contribution >= 0.6 is 11.3 Å². The van der Waals surface area contributed by atoms with Gasteiger partial charge in [0.2, 0.25) is 0 Å². The quantitative estimate of drug-likeness (QED) is 0.109. The van der Waals surface area contributed by atoms with Gasteiger partial charge in [-0.2, -0.15) is 0 Å². The molecule has 1 atom stereocenters. The van der Waals surface area contributed by atoms with Crippen molar-refractivity contribution in [3.05, 3.63) is 162 Å². The molecule has 0 saturated carbocycles. The first-order valence-corrected chi connectivity index (χ1v) is 16.1. The summed E-state index contributed by atoms with van der Waals surface area (Å²) in [5.74, 6) is 0.849. The van der Waals surface area contributed by atoms with Gasteiger partial charge in [-0.1, -0.05) is 97.1 Å². The molecule has 0 saturated heterocycles. The standard InChI is InChI=1S/C40H32N4S/c1-41-39(28-14-6-3-7-15-28)43-40(42-26-27-12-4-2-5-13-27)29-20-22-30(23-21-29)44-35-18-10-8-16-31(35)33-25-38-34(24-36(33)44)32-17-9-11-19-37(32)45-38/h2-25,39,41H,26H2,1H3,(H,42,43). The number of hydrogen-bond acceptors (Lipinski definition) is 3. The molecular formula is C40H32N4S. The summed E-state index contributed by atoms with van der Waals surface area (Å²) in [5, 5.41) is 12.3. The van der Waals surface area contributed by atoms with E-state index in [0.29, 0.717) is 6.54 Å². The van der Waals surface area contributed by atoms with Gasteiger partial charge in [-0.3, -0.25) is 10.3 Å². The van der Waals surface area contributed by atoms with Gasteiger partial charge in [-0.15, -0.1) is 11.3 Å². The van der Waals surface area contributed by atoms with Crippen LogP contribution < -0.4 is 10.6 Å². The van der Waals surface area contributed by atoms with Crippen molar-refractivity contribution in [1.29, 1.82) is 0 Å². The number of rotatable bonds is 7. The van der Waals surface area contributed by atoms with E-state index in [1.54, 1.807) is 0 Å². The van der Waals surface area contributed by atoms with Gasteiger partial charge >= 0.3 is 0 Å². The summed E-state index contributed by atoms with van der Waals surface area (Å²) in [5.41, 5.74) is 6.92. The maximum atomic E-state index is 5.09. The maximum Gasteiger partial charge on any atom is 0.130 e. The fourth-order valence-electron chi connectivity index (χ4n) is 6.31. The molecule has 8 rings (SSSR count). The van der Waals surface area contributed by atoms with Gasteiger partial charge in [0.1, 0.15) is 12.0 Å². The molecule has 2 heterocycles. The van der Waals surface area contributed by atoms with Crippen molar-refractivity contribution in [1.82, 2.24) is 15.2 Å². The number of benzene rings is 6. The number of fused-ring (bicyclic) bond motifs is 6. The lowest BCUT2D eigenvalue weighted by atomic mass is 10.1. The lowest BCUT2D eigenvalue weighted by Crippen LogP contribution is -2.37. The van der Waals surface area contributed by atoms with Gasteiger partial charge in [0.25, 0.3) is 0 Å². The van der Waals surface area contributed by atoms with Gasteiger partial charge in [0.05, 0.1) is 17.6 Å². The minimum atomic E-state index is -0.0828. The van der Waals surface area contributed by atoms with Crippen molar-refractivity contribution >= 4 is 59.2 Å². The van der Waals surface area contributed by atoms with Crippen molar-refractivity contribution in [3.63, 3.8) is 0 Å². The minimum Gasteiger partial charge on any atom is -0.351 e. The van der Waals surface area contributed by atoms with Crippen LogP contribution in [0.4, 0.5) is 0 Å². The largest absolute Gasteiger partial charge is 0.351 e. The molecule has 8 aromatic rings. The Morgan fingerprint density at radius 3 is 2.11 bits per heavy atom. The van der Waals surface area contributed by atoms with E-state index in [1.807, 2.05) is 30.5 Å². The van der Waals surface area contributed by atoms with E-state index in [4.69, 9.17) is 4.99 Å². The van der Waals surface area contributed by atoms with Crippen molar-refractivity contribution in [3.8, 4) is 5.69 Å². The van der Waals surface area contributed by atoms with Gasteiger partial charge in [0.15, 0.2) is 0 Å². The van der Waals surface area contributed by atoms with E-state index >= 15 is 0 Å². The van der Waals surface area contributed by atoms with Crippen molar-refractivity contribution < 1.29 is 0 Å². The molecule has 2 aromatic heterocycles. The Bertz CT molecular complexity index is 2300. The second-order valence-electron chi connectivity index (χ2n) is 11.3. The molecule has 0 spiro atoms. The average Bonchev–Trinajstić information content (AvgIpc) is 3.63. The second kappa shape index (κ2) is 11.7. The van der Waals surface area contributed by atoms with Crippen LogP contribution in [0, 0.1) is 0 Å². The number of para-hydroxylation sites is 1. The van der Waals surface area contributed by atoms with Crippen molar-refractivity contribution in [2.45, 2.75) is 12.7 Å². The summed E-state index contributed by atoms with van der Waals surface area (Å²) < 4.78 is 5.05. The first-order chi connectivity index (χ1) is 22.3. The summed E-state index contributed by atoms with van der Waals surface area (Å²) in [7, 11) is 1.97. The molecule has 0 radical (unpaired) electrons. The third-order valence-electron chi connectivity index (χ3n) is 8.54. The molecule has 2 N–H and O–H groups in total. The number of amidine groups is 1. The smallest absolute Gasteiger partial charge is 0.130 e. The van der Waals surface area contributed by atoms with Gasteiger partial charge in [-0.05, 0) is 66.7 Å². The third kappa shape index (κ3) is 5.06. The number of hydrogen-bond donors (Lipinski definition) is 2. The Morgan fingerprint density at radius 2 is 1.33 bits per heavy atom. The number of aliphatic imine (C=N–C) groups is 1. The van der Waals surface area contributed by atoms with Crippen molar-refractivity contribution in [2.24, 2.45) is 4.99 Å². The van der Waals surface area contributed by atoms with Gasteiger partial charge in [0, 0.05) is 42.2 Å². The highest BCUT2D eigenvalue weighted by Crippen LogP contribution is 2.40. The molecule has 0 amide bonds. The number of thiophene rings is 1. The highest BCUT2D eigenvalue weighted by Gasteiger charge is 2.17. The highest BCUT2D eigenvalue weighted by atomic mass is 32.1. The highest BCUT2D eigenvalue weighted by molar-refractivity contribution is 7.25. The molecule has 1 unspecified atom stereocenters. The Hall–Kier alpha value is -5.23. The fraction of sp³-hybridized carbons (Fsp3) is 0.0750. The van der Waals surface area contributed by atoms with E-state index in [-0.39, 0.29) is 6.17 Å². The Morgan fingerprint density at radius 1 is 0.644 bits per heavy atom. The van der Waals surface area contributed by atoms with Crippen LogP contribution in [-0.2, 0) is 6.54 Å². The maximum absolute atomic E-state index is 5.09. The topological polar surface area (TPSA) is 41.4 Å². The summed E-state index contributed by atoms with van der Waals surface area (Å²) in [6.07, 6.45) is -0.0828. The molecule has 6 aromatic carbocycles. The summed E-state index contributed by atoms with van der Waals surface area (Å²) in [6, 6.07) is 51.8. The second-order valence-corrected chi connectivity index (χ2v) is 12.4. The van der Waals surface area contributed by atoms with Crippen molar-refractivity contribution in [2.75, 3.05) is 7.05 Å². The Kier molecular flexibility index (Phi) is 7.10. The van der Waals surface area contributed by atoms with E-state index in [9.17, 15) is 0 Å². The van der Waals surface area contributed by atoms with E-state index in [0.717, 1.165) is 22.6 Å². The zero-order valence-electron chi connectivity index (χ0n) is 24.9. The zero-order valence-corrected chi connectivity index (χ0v) is 25.8. The zero-order chi connectivity index (χ0) is 30.2. The molecule has 5 heteroatoms. The molecule has 0 aliphatic rings. The number of nitrogens with zero attached hydrogens (tertiary/aromatic N) is 2. The van der Waals surface area contributed by atoms with Crippen LogP contribution in [-0.4, -0.2) is 17.5 Å².